The molecule has 2 saturated heterocycles. The Hall–Kier alpha value is -1.95. The van der Waals surface area contributed by atoms with Crippen molar-refractivity contribution in [1.29, 1.82) is 0 Å². The highest BCUT2D eigenvalue weighted by Crippen LogP contribution is 2.43. The van der Waals surface area contributed by atoms with Crippen molar-refractivity contribution in [1.82, 2.24) is 4.90 Å². The number of hydrogen-bond acceptors (Lipinski definition) is 5. The van der Waals surface area contributed by atoms with Gasteiger partial charge in [0.05, 0.1) is 19.3 Å². The van der Waals surface area contributed by atoms with Crippen molar-refractivity contribution in [3.8, 4) is 11.5 Å². The first-order valence-corrected chi connectivity index (χ1v) is 9.70. The molecule has 0 radical (unpaired) electrons. The van der Waals surface area contributed by atoms with Crippen LogP contribution in [0.5, 0.6) is 11.5 Å². The van der Waals surface area contributed by atoms with Gasteiger partial charge in [0.1, 0.15) is 5.60 Å². The van der Waals surface area contributed by atoms with Gasteiger partial charge in [-0.15, -0.1) is 0 Å². The van der Waals surface area contributed by atoms with E-state index < -0.39 is 11.2 Å². The first kappa shape index (κ1) is 19.8. The van der Waals surface area contributed by atoms with Crippen LogP contribution in [0.15, 0.2) is 24.3 Å². The highest BCUT2D eigenvalue weighted by Gasteiger charge is 2.50. The molecule has 6 nitrogen and oxygen atoms in total. The largest absolute Gasteiger partial charge is 0.493 e. The summed E-state index contributed by atoms with van der Waals surface area (Å²) in [5, 5.41) is 11.1. The summed E-state index contributed by atoms with van der Waals surface area (Å²) in [5.41, 5.74) is -1.32. The van der Waals surface area contributed by atoms with Crippen LogP contribution in [-0.4, -0.2) is 53.1 Å². The normalized spacial score (nSPS) is 27.4. The second kappa shape index (κ2) is 7.58. The molecule has 27 heavy (non-hydrogen) atoms. The number of carbonyl (C=O) groups is 1. The van der Waals surface area contributed by atoms with Crippen LogP contribution in [0.3, 0.4) is 0 Å². The van der Waals surface area contributed by atoms with Crippen molar-refractivity contribution in [2.45, 2.75) is 76.2 Å². The molecule has 0 saturated carbocycles. The van der Waals surface area contributed by atoms with Gasteiger partial charge in [-0.2, -0.15) is 0 Å². The van der Waals surface area contributed by atoms with Crippen LogP contribution in [0.4, 0.5) is 4.79 Å². The van der Waals surface area contributed by atoms with E-state index in [1.54, 1.807) is 7.11 Å². The zero-order valence-electron chi connectivity index (χ0n) is 16.7. The van der Waals surface area contributed by atoms with Gasteiger partial charge in [0, 0.05) is 18.5 Å². The summed E-state index contributed by atoms with van der Waals surface area (Å²) in [5.74, 6) is 1.36. The van der Waals surface area contributed by atoms with Gasteiger partial charge in [0.2, 0.25) is 0 Å². The molecule has 0 spiro atoms. The Kier molecular flexibility index (Phi) is 5.56. The van der Waals surface area contributed by atoms with Gasteiger partial charge >= 0.3 is 6.09 Å². The zero-order valence-corrected chi connectivity index (χ0v) is 16.7. The highest BCUT2D eigenvalue weighted by molar-refractivity contribution is 5.69. The number of para-hydroxylation sites is 2. The van der Waals surface area contributed by atoms with E-state index in [1.807, 2.05) is 49.9 Å². The van der Waals surface area contributed by atoms with Crippen molar-refractivity contribution >= 4 is 6.09 Å². The van der Waals surface area contributed by atoms with E-state index >= 15 is 0 Å². The molecule has 1 amide bonds. The summed E-state index contributed by atoms with van der Waals surface area (Å²) < 4.78 is 16.7. The van der Waals surface area contributed by atoms with Crippen LogP contribution < -0.4 is 9.47 Å². The van der Waals surface area contributed by atoms with E-state index in [9.17, 15) is 9.90 Å². The van der Waals surface area contributed by atoms with Crippen LogP contribution >= 0.6 is 0 Å². The highest BCUT2D eigenvalue weighted by atomic mass is 16.6. The number of amides is 1. The minimum atomic E-state index is -0.813. The van der Waals surface area contributed by atoms with E-state index in [4.69, 9.17) is 14.2 Å². The van der Waals surface area contributed by atoms with Gasteiger partial charge in [-0.25, -0.2) is 4.79 Å². The number of carbonyl (C=O) groups excluding carboxylic acids is 1. The topological polar surface area (TPSA) is 68.2 Å². The lowest BCUT2D eigenvalue weighted by molar-refractivity contribution is -0.0671. The van der Waals surface area contributed by atoms with Gasteiger partial charge in [-0.1, -0.05) is 12.1 Å². The molecule has 1 aromatic carbocycles. The maximum Gasteiger partial charge on any atom is 0.410 e. The Morgan fingerprint density at radius 1 is 1.19 bits per heavy atom. The van der Waals surface area contributed by atoms with E-state index in [1.165, 1.54) is 0 Å². The number of benzene rings is 1. The Labute approximate surface area is 161 Å². The van der Waals surface area contributed by atoms with Crippen molar-refractivity contribution in [3.05, 3.63) is 24.3 Å². The number of rotatable bonds is 5. The lowest BCUT2D eigenvalue weighted by atomic mass is 9.84. The molecule has 0 aliphatic carbocycles. The van der Waals surface area contributed by atoms with Crippen molar-refractivity contribution in [2.75, 3.05) is 13.7 Å². The Morgan fingerprint density at radius 2 is 1.78 bits per heavy atom. The fourth-order valence-electron chi connectivity index (χ4n) is 4.23. The average molecular weight is 377 g/mol. The molecule has 1 N–H and O–H groups in total. The van der Waals surface area contributed by atoms with E-state index in [-0.39, 0.29) is 18.2 Å². The standard InChI is InChI=1S/C21H31NO5/c1-20(2,3)27-19(23)22-15-9-10-16(22)14-21(24,13-15)11-12-26-18-8-6-5-7-17(18)25-4/h5-8,15-16,24H,9-14H2,1-4H3. The number of nitrogens with zero attached hydrogens (tertiary/aromatic N) is 1. The first-order chi connectivity index (χ1) is 12.7. The number of hydrogen-bond donors (Lipinski definition) is 1. The molecule has 2 unspecified atom stereocenters. The van der Waals surface area contributed by atoms with Crippen LogP contribution in [0.2, 0.25) is 0 Å². The molecular formula is C21H31NO5. The van der Waals surface area contributed by atoms with Gasteiger partial charge in [-0.05, 0) is 58.6 Å². The quantitative estimate of drug-likeness (QED) is 0.846. The molecule has 2 bridgehead atoms. The maximum absolute atomic E-state index is 12.5. The van der Waals surface area contributed by atoms with Crippen molar-refractivity contribution < 1.29 is 24.1 Å². The summed E-state index contributed by atoms with van der Waals surface area (Å²) in [6.07, 6.45) is 3.23. The van der Waals surface area contributed by atoms with Crippen LogP contribution in [-0.2, 0) is 4.74 Å². The monoisotopic (exact) mass is 377 g/mol. The van der Waals surface area contributed by atoms with Gasteiger partial charge in [0.15, 0.2) is 11.5 Å². The van der Waals surface area contributed by atoms with E-state index in [2.05, 4.69) is 0 Å². The minimum absolute atomic E-state index is 0.0369. The number of methoxy groups -OCH3 is 1. The third-order valence-electron chi connectivity index (χ3n) is 5.35. The zero-order chi connectivity index (χ0) is 19.7. The Morgan fingerprint density at radius 3 is 2.33 bits per heavy atom. The minimum Gasteiger partial charge on any atom is -0.493 e. The van der Waals surface area contributed by atoms with Gasteiger partial charge in [-0.3, -0.25) is 0 Å². The molecule has 2 aliphatic heterocycles. The third-order valence-corrected chi connectivity index (χ3v) is 5.35. The molecular weight excluding hydrogens is 346 g/mol. The first-order valence-electron chi connectivity index (χ1n) is 9.70. The molecule has 3 rings (SSSR count). The lowest BCUT2D eigenvalue weighted by Crippen LogP contribution is -2.54. The van der Waals surface area contributed by atoms with Crippen molar-refractivity contribution in [2.24, 2.45) is 0 Å². The van der Waals surface area contributed by atoms with Crippen LogP contribution in [0.25, 0.3) is 0 Å². The second-order valence-corrected chi connectivity index (χ2v) is 8.65. The Balaban J connectivity index is 1.57. The van der Waals surface area contributed by atoms with Gasteiger partial charge in [0.25, 0.3) is 0 Å². The maximum atomic E-state index is 12.5. The number of fused-ring (bicyclic) bond motifs is 2. The van der Waals surface area contributed by atoms with Crippen LogP contribution in [0, 0.1) is 0 Å². The van der Waals surface area contributed by atoms with E-state index in [0.717, 1.165) is 12.8 Å². The average Bonchev–Trinajstić information content (AvgIpc) is 2.87. The third kappa shape index (κ3) is 4.67. The summed E-state index contributed by atoms with van der Waals surface area (Å²) in [6.45, 7) is 6.04. The fourth-order valence-corrected chi connectivity index (χ4v) is 4.23. The van der Waals surface area contributed by atoms with Gasteiger partial charge < -0.3 is 24.2 Å². The molecule has 1 aromatic rings. The second-order valence-electron chi connectivity index (χ2n) is 8.65. The van der Waals surface area contributed by atoms with Crippen LogP contribution in [0.1, 0.15) is 52.9 Å². The summed E-state index contributed by atoms with van der Waals surface area (Å²) in [6, 6.07) is 7.57. The molecule has 2 heterocycles. The Bertz CT molecular complexity index is 655. The lowest BCUT2D eigenvalue weighted by Gasteiger charge is -2.43. The molecule has 150 valence electrons. The molecule has 2 aliphatic rings. The van der Waals surface area contributed by atoms with Crippen molar-refractivity contribution in [3.63, 3.8) is 0 Å². The SMILES string of the molecule is COc1ccccc1OCCC1(O)CC2CCC(C1)N2C(=O)OC(C)(C)C. The number of piperidine rings is 1. The number of ether oxygens (including phenoxy) is 3. The summed E-state index contributed by atoms with van der Waals surface area (Å²) >= 11 is 0. The predicted octanol–water partition coefficient (Wildman–Crippen LogP) is 3.76. The molecule has 0 aromatic heterocycles. The molecule has 2 fully saturated rings. The summed E-state index contributed by atoms with van der Waals surface area (Å²) in [4.78, 5) is 14.4. The fraction of sp³-hybridized carbons (Fsp3) is 0.667. The number of aliphatic hydroxyl groups is 1. The molecule has 2 atom stereocenters. The van der Waals surface area contributed by atoms with E-state index in [0.29, 0.717) is 37.4 Å². The predicted molar refractivity (Wildman–Crippen MR) is 102 cm³/mol. The summed E-state index contributed by atoms with van der Waals surface area (Å²) in [7, 11) is 1.61. The smallest absolute Gasteiger partial charge is 0.410 e. The molecule has 6 heteroatoms.